The van der Waals surface area contributed by atoms with Gasteiger partial charge in [-0.3, -0.25) is 9.59 Å². The molecule has 126 valence electrons. The van der Waals surface area contributed by atoms with E-state index in [1.54, 1.807) is 0 Å². The molecular formula is C15H23N5O3. The Bertz CT molecular complexity index is 526. The molecule has 1 saturated carbocycles. The number of nitrogens with one attached hydrogen (secondary N) is 2. The van der Waals surface area contributed by atoms with Crippen LogP contribution >= 0.6 is 0 Å². The molecule has 8 nitrogen and oxygen atoms in total. The molecule has 0 aromatic carbocycles. The van der Waals surface area contributed by atoms with Crippen molar-refractivity contribution in [1.29, 1.82) is 0 Å². The van der Waals surface area contributed by atoms with Crippen LogP contribution in [0.15, 0.2) is 12.4 Å². The van der Waals surface area contributed by atoms with Crippen LogP contribution in [0.25, 0.3) is 0 Å². The monoisotopic (exact) mass is 321 g/mol. The van der Waals surface area contributed by atoms with E-state index in [1.807, 2.05) is 0 Å². The average molecular weight is 321 g/mol. The second-order valence-electron chi connectivity index (χ2n) is 5.57. The highest BCUT2D eigenvalue weighted by molar-refractivity contribution is 5.92. The highest BCUT2D eigenvalue weighted by atomic mass is 16.5. The van der Waals surface area contributed by atoms with Crippen LogP contribution in [0, 0.1) is 0 Å². The van der Waals surface area contributed by atoms with Crippen molar-refractivity contribution in [3.05, 3.63) is 18.1 Å². The molecule has 1 heterocycles. The summed E-state index contributed by atoms with van der Waals surface area (Å²) < 4.78 is 4.91. The third-order valence-electron chi connectivity index (χ3n) is 3.87. The van der Waals surface area contributed by atoms with Crippen LogP contribution < -0.4 is 21.1 Å². The summed E-state index contributed by atoms with van der Waals surface area (Å²) >= 11 is 0. The minimum Gasteiger partial charge on any atom is -0.480 e. The van der Waals surface area contributed by atoms with Gasteiger partial charge in [0.2, 0.25) is 11.8 Å². The Morgan fingerprint density at radius 2 is 1.83 bits per heavy atom. The van der Waals surface area contributed by atoms with Gasteiger partial charge in [-0.2, -0.15) is 0 Å². The lowest BCUT2D eigenvalue weighted by atomic mass is 9.91. The highest BCUT2D eigenvalue weighted by Crippen LogP contribution is 2.19. The molecule has 8 heteroatoms. The summed E-state index contributed by atoms with van der Waals surface area (Å²) in [6.45, 7) is 0.361. The van der Waals surface area contributed by atoms with E-state index in [-0.39, 0.29) is 29.6 Å². The summed E-state index contributed by atoms with van der Waals surface area (Å²) in [7, 11) is 1.49. The van der Waals surface area contributed by atoms with Gasteiger partial charge in [0.05, 0.1) is 19.5 Å². The molecule has 0 atom stereocenters. The van der Waals surface area contributed by atoms with Crippen molar-refractivity contribution in [2.45, 2.75) is 44.2 Å². The lowest BCUT2D eigenvalue weighted by molar-refractivity contribution is -0.121. The minimum absolute atomic E-state index is 0.00603. The largest absolute Gasteiger partial charge is 0.480 e. The van der Waals surface area contributed by atoms with E-state index in [9.17, 15) is 9.59 Å². The fourth-order valence-corrected chi connectivity index (χ4v) is 2.61. The molecular weight excluding hydrogens is 298 g/mol. The van der Waals surface area contributed by atoms with E-state index < -0.39 is 0 Å². The lowest BCUT2D eigenvalue weighted by Crippen LogP contribution is -2.44. The molecule has 1 aromatic rings. The fraction of sp³-hybridized carbons (Fsp3) is 0.600. The molecule has 23 heavy (non-hydrogen) atoms. The van der Waals surface area contributed by atoms with Gasteiger partial charge in [0.15, 0.2) is 0 Å². The van der Waals surface area contributed by atoms with Crippen LogP contribution in [0.3, 0.4) is 0 Å². The van der Waals surface area contributed by atoms with Gasteiger partial charge in [0, 0.05) is 25.0 Å². The van der Waals surface area contributed by atoms with Gasteiger partial charge in [-0.15, -0.1) is 0 Å². The van der Waals surface area contributed by atoms with Crippen molar-refractivity contribution in [3.63, 3.8) is 0 Å². The van der Waals surface area contributed by atoms with Gasteiger partial charge in [0.1, 0.15) is 5.69 Å². The van der Waals surface area contributed by atoms with Gasteiger partial charge in [-0.05, 0) is 25.7 Å². The van der Waals surface area contributed by atoms with Crippen molar-refractivity contribution in [1.82, 2.24) is 20.6 Å². The fourth-order valence-electron chi connectivity index (χ4n) is 2.61. The molecule has 0 unspecified atom stereocenters. The Balaban J connectivity index is 1.77. The number of aromatic nitrogens is 2. The third-order valence-corrected chi connectivity index (χ3v) is 3.87. The molecule has 2 rings (SSSR count). The molecule has 1 aliphatic rings. The summed E-state index contributed by atoms with van der Waals surface area (Å²) in [5.41, 5.74) is 5.63. The van der Waals surface area contributed by atoms with Crippen molar-refractivity contribution in [3.8, 4) is 5.88 Å². The van der Waals surface area contributed by atoms with E-state index in [2.05, 4.69) is 20.6 Å². The van der Waals surface area contributed by atoms with Crippen molar-refractivity contribution in [2.24, 2.45) is 5.73 Å². The minimum atomic E-state index is -0.240. The molecule has 0 spiro atoms. The number of nitrogens with zero attached hydrogens (tertiary/aromatic N) is 2. The first-order valence-electron chi connectivity index (χ1n) is 7.78. The molecule has 0 aliphatic heterocycles. The quantitative estimate of drug-likeness (QED) is 0.678. The number of carbonyl (C=O) groups is 2. The van der Waals surface area contributed by atoms with E-state index >= 15 is 0 Å². The number of methoxy groups -OCH3 is 1. The number of amides is 2. The average Bonchev–Trinajstić information content (AvgIpc) is 2.57. The summed E-state index contributed by atoms with van der Waals surface area (Å²) in [4.78, 5) is 31.6. The topological polar surface area (TPSA) is 119 Å². The number of carbonyl (C=O) groups excluding carboxylic acids is 2. The summed E-state index contributed by atoms with van der Waals surface area (Å²) in [6.07, 6.45) is 6.50. The SMILES string of the molecule is COc1cnc(C(=O)N[C@H]2CC[C@H](NC(=O)CCN)CC2)cn1. The van der Waals surface area contributed by atoms with Crippen LogP contribution in [0.2, 0.25) is 0 Å². The Hall–Kier alpha value is -2.22. The Labute approximate surface area is 135 Å². The van der Waals surface area contributed by atoms with Crippen LogP contribution in [0.1, 0.15) is 42.6 Å². The second-order valence-corrected chi connectivity index (χ2v) is 5.57. The van der Waals surface area contributed by atoms with Crippen molar-refractivity contribution in [2.75, 3.05) is 13.7 Å². The molecule has 0 saturated heterocycles. The van der Waals surface area contributed by atoms with Crippen LogP contribution in [-0.2, 0) is 4.79 Å². The number of hydrogen-bond donors (Lipinski definition) is 3. The zero-order chi connectivity index (χ0) is 16.7. The van der Waals surface area contributed by atoms with Gasteiger partial charge in [-0.25, -0.2) is 9.97 Å². The number of hydrogen-bond acceptors (Lipinski definition) is 6. The first-order valence-corrected chi connectivity index (χ1v) is 7.78. The third kappa shape index (κ3) is 5.17. The van der Waals surface area contributed by atoms with Gasteiger partial charge >= 0.3 is 0 Å². The van der Waals surface area contributed by atoms with E-state index in [0.29, 0.717) is 18.8 Å². The first kappa shape index (κ1) is 17.1. The maximum absolute atomic E-state index is 12.1. The van der Waals surface area contributed by atoms with E-state index in [1.165, 1.54) is 19.5 Å². The molecule has 1 aromatic heterocycles. The van der Waals surface area contributed by atoms with Gasteiger partial charge < -0.3 is 21.1 Å². The standard InChI is InChI=1S/C15H23N5O3/c1-23-14-9-17-12(8-18-14)15(22)20-11-4-2-10(3-5-11)19-13(21)6-7-16/h8-11H,2-7,16H2,1H3,(H,19,21)(H,20,22)/t10-,11-. The highest BCUT2D eigenvalue weighted by Gasteiger charge is 2.24. The van der Waals surface area contributed by atoms with Gasteiger partial charge in [0.25, 0.3) is 5.91 Å². The first-order chi connectivity index (χ1) is 11.1. The summed E-state index contributed by atoms with van der Waals surface area (Å²) in [5, 5.41) is 5.93. The molecule has 2 amide bonds. The van der Waals surface area contributed by atoms with Gasteiger partial charge in [-0.1, -0.05) is 0 Å². The van der Waals surface area contributed by atoms with Crippen molar-refractivity contribution < 1.29 is 14.3 Å². The van der Waals surface area contributed by atoms with E-state index in [0.717, 1.165) is 25.7 Å². The zero-order valence-corrected chi connectivity index (χ0v) is 13.2. The Morgan fingerprint density at radius 3 is 2.35 bits per heavy atom. The number of nitrogens with two attached hydrogens (primary N) is 1. The molecule has 1 fully saturated rings. The molecule has 1 aliphatic carbocycles. The predicted octanol–water partition coefficient (Wildman–Crippen LogP) is -0.00880. The maximum atomic E-state index is 12.1. The Morgan fingerprint density at radius 1 is 1.17 bits per heavy atom. The molecule has 0 radical (unpaired) electrons. The molecule has 0 bridgehead atoms. The summed E-state index contributed by atoms with van der Waals surface area (Å²) in [6, 6.07) is 0.261. The lowest BCUT2D eigenvalue weighted by Gasteiger charge is -2.29. The molecule has 4 N–H and O–H groups in total. The summed E-state index contributed by atoms with van der Waals surface area (Å²) in [5.74, 6) is 0.125. The maximum Gasteiger partial charge on any atom is 0.271 e. The number of ether oxygens (including phenoxy) is 1. The Kier molecular flexibility index (Phi) is 6.28. The van der Waals surface area contributed by atoms with Crippen LogP contribution in [0.5, 0.6) is 5.88 Å². The smallest absolute Gasteiger partial charge is 0.271 e. The van der Waals surface area contributed by atoms with E-state index in [4.69, 9.17) is 10.5 Å². The normalized spacial score (nSPS) is 20.6. The van der Waals surface area contributed by atoms with Crippen LogP contribution in [-0.4, -0.2) is 47.5 Å². The van der Waals surface area contributed by atoms with Crippen molar-refractivity contribution >= 4 is 11.8 Å². The predicted molar refractivity (Wildman–Crippen MR) is 83.9 cm³/mol. The zero-order valence-electron chi connectivity index (χ0n) is 13.2. The van der Waals surface area contributed by atoms with Crippen LogP contribution in [0.4, 0.5) is 0 Å². The second kappa shape index (κ2) is 8.42. The number of rotatable bonds is 6.